The highest BCUT2D eigenvalue weighted by molar-refractivity contribution is 6.30. The molecule has 1 N–H and O–H groups in total. The van der Waals surface area contributed by atoms with Crippen LogP contribution in [0.3, 0.4) is 0 Å². The number of carbonyl (C=O) groups is 1. The van der Waals surface area contributed by atoms with Crippen molar-refractivity contribution in [1.82, 2.24) is 4.90 Å². The summed E-state index contributed by atoms with van der Waals surface area (Å²) in [6.07, 6.45) is 3.92. The van der Waals surface area contributed by atoms with Crippen LogP contribution >= 0.6 is 11.6 Å². The van der Waals surface area contributed by atoms with E-state index < -0.39 is 12.0 Å². The van der Waals surface area contributed by atoms with Crippen LogP contribution in [0.15, 0.2) is 42.5 Å². The van der Waals surface area contributed by atoms with Crippen molar-refractivity contribution in [3.05, 3.63) is 64.2 Å². The van der Waals surface area contributed by atoms with Crippen LogP contribution < -0.4 is 4.74 Å². The molecule has 0 bridgehead atoms. The third-order valence-corrected chi connectivity index (χ3v) is 6.41. The number of methoxy groups -OCH3 is 1. The van der Waals surface area contributed by atoms with Gasteiger partial charge in [-0.15, -0.1) is 0 Å². The minimum Gasteiger partial charge on any atom is -0.497 e. The topological polar surface area (TPSA) is 49.8 Å². The summed E-state index contributed by atoms with van der Waals surface area (Å²) in [7, 11) is 3.55. The summed E-state index contributed by atoms with van der Waals surface area (Å²) in [5.41, 5.74) is 3.87. The predicted octanol–water partition coefficient (Wildman–Crippen LogP) is 4.77. The van der Waals surface area contributed by atoms with Crippen molar-refractivity contribution in [2.75, 3.05) is 20.7 Å². The third-order valence-electron chi connectivity index (χ3n) is 6.18. The van der Waals surface area contributed by atoms with E-state index in [1.807, 2.05) is 30.1 Å². The van der Waals surface area contributed by atoms with Gasteiger partial charge in [0.05, 0.1) is 7.11 Å². The van der Waals surface area contributed by atoms with Crippen LogP contribution in [-0.4, -0.2) is 42.7 Å². The Labute approximate surface area is 172 Å². The second kappa shape index (κ2) is 8.54. The molecule has 0 aliphatic heterocycles. The number of halogens is 1. The molecular formula is C23H28ClNO3. The van der Waals surface area contributed by atoms with Crippen molar-refractivity contribution < 1.29 is 14.6 Å². The summed E-state index contributed by atoms with van der Waals surface area (Å²) < 4.78 is 5.33. The lowest BCUT2D eigenvalue weighted by Gasteiger charge is -2.33. The molecule has 2 unspecified atom stereocenters. The van der Waals surface area contributed by atoms with E-state index in [9.17, 15) is 9.90 Å². The van der Waals surface area contributed by atoms with Gasteiger partial charge in [-0.25, -0.2) is 0 Å². The number of aliphatic carboxylic acids is 1. The zero-order valence-electron chi connectivity index (χ0n) is 16.7. The van der Waals surface area contributed by atoms with E-state index in [0.29, 0.717) is 0 Å². The third kappa shape index (κ3) is 4.03. The zero-order chi connectivity index (χ0) is 20.3. The molecule has 0 saturated heterocycles. The van der Waals surface area contributed by atoms with Crippen LogP contribution in [0.1, 0.15) is 42.9 Å². The fourth-order valence-electron chi connectivity index (χ4n) is 4.35. The molecule has 0 radical (unpaired) electrons. The van der Waals surface area contributed by atoms with Gasteiger partial charge in [0.1, 0.15) is 11.8 Å². The van der Waals surface area contributed by atoms with E-state index in [2.05, 4.69) is 24.3 Å². The molecule has 3 rings (SSSR count). The Hall–Kier alpha value is -2.04. The van der Waals surface area contributed by atoms with Crippen molar-refractivity contribution in [2.24, 2.45) is 0 Å². The van der Waals surface area contributed by atoms with Crippen molar-refractivity contribution in [3.8, 4) is 5.75 Å². The van der Waals surface area contributed by atoms with Crippen molar-refractivity contribution in [2.45, 2.75) is 44.1 Å². The Morgan fingerprint density at radius 1 is 1.29 bits per heavy atom. The molecule has 4 nitrogen and oxygen atoms in total. The Morgan fingerprint density at radius 3 is 2.64 bits per heavy atom. The number of nitrogens with zero attached hydrogens (tertiary/aromatic N) is 1. The van der Waals surface area contributed by atoms with E-state index in [0.717, 1.165) is 43.0 Å². The lowest BCUT2D eigenvalue weighted by molar-refractivity contribution is -0.142. The standard InChI is InChI=1S/C23H28ClNO3/c1-16(22(26)27)25(2)14-4-12-23(18-5-8-20(28-3)9-6-18)13-11-17-15-19(24)7-10-21(17)23/h5-10,15-16H,4,11-14H2,1-3H3,(H,26,27). The molecule has 0 saturated carbocycles. The smallest absolute Gasteiger partial charge is 0.320 e. The highest BCUT2D eigenvalue weighted by Gasteiger charge is 2.40. The first-order valence-electron chi connectivity index (χ1n) is 9.74. The fourth-order valence-corrected chi connectivity index (χ4v) is 4.54. The van der Waals surface area contributed by atoms with Crippen LogP contribution in [0.25, 0.3) is 0 Å². The Bertz CT molecular complexity index is 836. The number of hydrogen-bond donors (Lipinski definition) is 1. The summed E-state index contributed by atoms with van der Waals surface area (Å²) in [4.78, 5) is 13.1. The van der Waals surface area contributed by atoms with Gasteiger partial charge in [-0.3, -0.25) is 9.69 Å². The highest BCUT2D eigenvalue weighted by atomic mass is 35.5. The van der Waals surface area contributed by atoms with Gasteiger partial charge < -0.3 is 9.84 Å². The van der Waals surface area contributed by atoms with Crippen LogP contribution in [0.2, 0.25) is 5.02 Å². The number of aryl methyl sites for hydroxylation is 1. The minimum atomic E-state index is -0.784. The van der Waals surface area contributed by atoms with Gasteiger partial charge in [-0.05, 0) is 87.2 Å². The SMILES string of the molecule is COc1ccc(C2(CCCN(C)C(C)C(=O)O)CCc3cc(Cl)ccc32)cc1. The van der Waals surface area contributed by atoms with Crippen molar-refractivity contribution in [1.29, 1.82) is 0 Å². The predicted molar refractivity (Wildman–Crippen MR) is 113 cm³/mol. The number of carboxylic acid groups (broad SMARTS) is 1. The molecule has 0 aromatic heterocycles. The first-order chi connectivity index (χ1) is 13.4. The van der Waals surface area contributed by atoms with Crippen LogP contribution in [0.4, 0.5) is 0 Å². The molecule has 2 atom stereocenters. The number of fused-ring (bicyclic) bond motifs is 1. The Morgan fingerprint density at radius 2 is 2.00 bits per heavy atom. The van der Waals surface area contributed by atoms with Gasteiger partial charge in [0.25, 0.3) is 0 Å². The molecule has 0 fully saturated rings. The van der Waals surface area contributed by atoms with Gasteiger partial charge in [-0.1, -0.05) is 29.8 Å². The molecule has 2 aromatic rings. The van der Waals surface area contributed by atoms with Gasteiger partial charge in [0.15, 0.2) is 0 Å². The summed E-state index contributed by atoms with van der Waals surface area (Å²) in [6, 6.07) is 14.1. The maximum atomic E-state index is 11.2. The number of ether oxygens (including phenoxy) is 1. The van der Waals surface area contributed by atoms with E-state index in [4.69, 9.17) is 16.3 Å². The molecule has 5 heteroatoms. The quantitative estimate of drug-likeness (QED) is 0.692. The fraction of sp³-hybridized carbons (Fsp3) is 0.435. The first-order valence-corrected chi connectivity index (χ1v) is 10.1. The number of carboxylic acids is 1. The molecule has 28 heavy (non-hydrogen) atoms. The van der Waals surface area contributed by atoms with E-state index in [1.165, 1.54) is 16.7 Å². The van der Waals surface area contributed by atoms with Crippen LogP contribution in [0.5, 0.6) is 5.75 Å². The second-order valence-electron chi connectivity index (χ2n) is 7.71. The average Bonchev–Trinajstić information content (AvgIpc) is 3.06. The molecular weight excluding hydrogens is 374 g/mol. The van der Waals surface area contributed by atoms with Crippen LogP contribution in [-0.2, 0) is 16.6 Å². The van der Waals surface area contributed by atoms with Gasteiger partial charge in [0.2, 0.25) is 0 Å². The molecule has 0 heterocycles. The lowest BCUT2D eigenvalue weighted by atomic mass is 9.72. The number of likely N-dealkylation sites (N-methyl/N-ethyl adjacent to an activating group) is 1. The number of hydrogen-bond acceptors (Lipinski definition) is 3. The second-order valence-corrected chi connectivity index (χ2v) is 8.15. The van der Waals surface area contributed by atoms with Gasteiger partial charge in [0, 0.05) is 10.4 Å². The number of rotatable bonds is 8. The molecule has 0 amide bonds. The average molecular weight is 402 g/mol. The van der Waals surface area contributed by atoms with Gasteiger partial charge in [-0.2, -0.15) is 0 Å². The molecule has 0 spiro atoms. The van der Waals surface area contributed by atoms with Gasteiger partial charge >= 0.3 is 5.97 Å². The maximum absolute atomic E-state index is 11.2. The zero-order valence-corrected chi connectivity index (χ0v) is 17.5. The van der Waals surface area contributed by atoms with Crippen molar-refractivity contribution >= 4 is 17.6 Å². The van der Waals surface area contributed by atoms with E-state index in [-0.39, 0.29) is 5.41 Å². The minimum absolute atomic E-state index is 0.0699. The summed E-state index contributed by atoms with van der Waals surface area (Å²) in [5.74, 6) is 0.0662. The molecule has 1 aliphatic carbocycles. The van der Waals surface area contributed by atoms with E-state index >= 15 is 0 Å². The van der Waals surface area contributed by atoms with Crippen molar-refractivity contribution in [3.63, 3.8) is 0 Å². The van der Waals surface area contributed by atoms with E-state index in [1.54, 1.807) is 14.0 Å². The molecule has 1 aliphatic rings. The molecule has 2 aromatic carbocycles. The lowest BCUT2D eigenvalue weighted by Crippen LogP contribution is -2.37. The Kier molecular flexibility index (Phi) is 6.31. The monoisotopic (exact) mass is 401 g/mol. The number of benzene rings is 2. The largest absolute Gasteiger partial charge is 0.497 e. The molecule has 150 valence electrons. The summed E-state index contributed by atoms with van der Waals surface area (Å²) in [5, 5.41) is 10.0. The first kappa shape index (κ1) is 20.7. The summed E-state index contributed by atoms with van der Waals surface area (Å²) >= 11 is 6.23. The Balaban J connectivity index is 1.88. The normalized spacial score (nSPS) is 19.5. The summed E-state index contributed by atoms with van der Waals surface area (Å²) in [6.45, 7) is 2.47. The highest BCUT2D eigenvalue weighted by Crippen LogP contribution is 2.48. The maximum Gasteiger partial charge on any atom is 0.320 e. The van der Waals surface area contributed by atoms with Crippen LogP contribution in [0, 0.1) is 0 Å².